The van der Waals surface area contributed by atoms with Crippen LogP contribution >= 0.6 is 0 Å². The van der Waals surface area contributed by atoms with E-state index in [0.29, 0.717) is 22.8 Å². The summed E-state index contributed by atoms with van der Waals surface area (Å²) in [7, 11) is 1.48. The van der Waals surface area contributed by atoms with E-state index in [4.69, 9.17) is 14.2 Å². The van der Waals surface area contributed by atoms with Gasteiger partial charge >= 0.3 is 5.97 Å². The summed E-state index contributed by atoms with van der Waals surface area (Å²) in [6, 6.07) is 8.72. The normalized spacial score (nSPS) is 10.3. The third-order valence-electron chi connectivity index (χ3n) is 3.74. The molecule has 2 aromatic rings. The van der Waals surface area contributed by atoms with Crippen LogP contribution in [0.1, 0.15) is 34.0 Å². The summed E-state index contributed by atoms with van der Waals surface area (Å²) in [6.07, 6.45) is 0. The van der Waals surface area contributed by atoms with E-state index in [1.54, 1.807) is 18.2 Å². The summed E-state index contributed by atoms with van der Waals surface area (Å²) >= 11 is 0. The first-order chi connectivity index (χ1) is 11.8. The van der Waals surface area contributed by atoms with Crippen LogP contribution in [-0.4, -0.2) is 25.5 Å². The summed E-state index contributed by atoms with van der Waals surface area (Å²) in [5.74, 6) is 0.741. The first-order valence-electron chi connectivity index (χ1n) is 7.92. The van der Waals surface area contributed by atoms with Crippen LogP contribution < -0.4 is 14.2 Å². The molecular weight excluding hydrogens is 320 g/mol. The number of carbonyl (C=O) groups excluding carboxylic acids is 2. The molecule has 2 rings (SSSR count). The highest BCUT2D eigenvalue weighted by Gasteiger charge is 2.14. The van der Waals surface area contributed by atoms with Crippen LogP contribution in [0.25, 0.3) is 0 Å². The van der Waals surface area contributed by atoms with Gasteiger partial charge in [0.25, 0.3) is 0 Å². The van der Waals surface area contributed by atoms with Crippen molar-refractivity contribution in [1.82, 2.24) is 0 Å². The molecule has 132 valence electrons. The van der Waals surface area contributed by atoms with Gasteiger partial charge in [-0.15, -0.1) is 0 Å². The molecule has 0 heterocycles. The summed E-state index contributed by atoms with van der Waals surface area (Å²) in [6.45, 7) is 6.99. The SMILES string of the molecule is COc1cc(C(C)=O)ccc1OCC(=O)Oc1c(C)cc(C)cc1C. The van der Waals surface area contributed by atoms with Crippen molar-refractivity contribution in [3.63, 3.8) is 0 Å². The smallest absolute Gasteiger partial charge is 0.349 e. The van der Waals surface area contributed by atoms with E-state index in [1.807, 2.05) is 32.9 Å². The number of ether oxygens (including phenoxy) is 3. The Hall–Kier alpha value is -2.82. The summed E-state index contributed by atoms with van der Waals surface area (Å²) < 4.78 is 16.1. The molecular formula is C20H22O5. The van der Waals surface area contributed by atoms with E-state index in [0.717, 1.165) is 16.7 Å². The van der Waals surface area contributed by atoms with Crippen molar-refractivity contribution in [1.29, 1.82) is 0 Å². The lowest BCUT2D eigenvalue weighted by molar-refractivity contribution is -0.136. The highest BCUT2D eigenvalue weighted by atomic mass is 16.6. The van der Waals surface area contributed by atoms with Crippen LogP contribution in [0.4, 0.5) is 0 Å². The van der Waals surface area contributed by atoms with Gasteiger partial charge in [-0.05, 0) is 57.0 Å². The molecule has 0 fully saturated rings. The second-order valence-electron chi connectivity index (χ2n) is 5.91. The lowest BCUT2D eigenvalue weighted by atomic mass is 10.1. The van der Waals surface area contributed by atoms with Crippen LogP contribution in [-0.2, 0) is 4.79 Å². The Bertz CT molecular complexity index is 785. The standard InChI is InChI=1S/C20H22O5/c1-12-8-13(2)20(14(3)9-12)25-19(22)11-24-17-7-6-16(15(4)21)10-18(17)23-5/h6-10H,11H2,1-5H3. The van der Waals surface area contributed by atoms with Crippen molar-refractivity contribution in [3.05, 3.63) is 52.6 Å². The van der Waals surface area contributed by atoms with Crippen molar-refractivity contribution in [2.24, 2.45) is 0 Å². The second kappa shape index (κ2) is 7.83. The van der Waals surface area contributed by atoms with E-state index in [9.17, 15) is 9.59 Å². The zero-order valence-electron chi connectivity index (χ0n) is 15.1. The lowest BCUT2D eigenvalue weighted by Gasteiger charge is -2.13. The van der Waals surface area contributed by atoms with E-state index in [2.05, 4.69) is 0 Å². The number of carbonyl (C=O) groups is 2. The van der Waals surface area contributed by atoms with Gasteiger partial charge in [0.15, 0.2) is 23.9 Å². The average molecular weight is 342 g/mol. The van der Waals surface area contributed by atoms with Crippen LogP contribution in [0.5, 0.6) is 17.2 Å². The number of esters is 1. The topological polar surface area (TPSA) is 61.8 Å². The van der Waals surface area contributed by atoms with Crippen LogP contribution in [0.15, 0.2) is 30.3 Å². The number of aryl methyl sites for hydroxylation is 3. The number of hydrogen-bond donors (Lipinski definition) is 0. The highest BCUT2D eigenvalue weighted by Crippen LogP contribution is 2.29. The molecule has 0 aliphatic carbocycles. The Morgan fingerprint density at radius 3 is 2.16 bits per heavy atom. The molecule has 0 saturated heterocycles. The van der Waals surface area contributed by atoms with Gasteiger partial charge in [-0.1, -0.05) is 17.7 Å². The van der Waals surface area contributed by atoms with Gasteiger partial charge in [-0.2, -0.15) is 0 Å². The van der Waals surface area contributed by atoms with E-state index in [-0.39, 0.29) is 12.4 Å². The number of rotatable bonds is 6. The summed E-state index contributed by atoms with van der Waals surface area (Å²) in [5, 5.41) is 0. The first kappa shape index (κ1) is 18.5. The van der Waals surface area contributed by atoms with Crippen molar-refractivity contribution in [2.75, 3.05) is 13.7 Å². The highest BCUT2D eigenvalue weighted by molar-refractivity contribution is 5.94. The zero-order valence-corrected chi connectivity index (χ0v) is 15.1. The van der Waals surface area contributed by atoms with Crippen molar-refractivity contribution < 1.29 is 23.8 Å². The Kier molecular flexibility index (Phi) is 5.80. The third kappa shape index (κ3) is 4.59. The largest absolute Gasteiger partial charge is 0.493 e. The molecule has 0 radical (unpaired) electrons. The Labute approximate surface area is 147 Å². The van der Waals surface area contributed by atoms with E-state index in [1.165, 1.54) is 14.0 Å². The number of methoxy groups -OCH3 is 1. The van der Waals surface area contributed by atoms with Crippen LogP contribution in [0.3, 0.4) is 0 Å². The molecule has 0 N–H and O–H groups in total. The number of ketones is 1. The van der Waals surface area contributed by atoms with Crippen molar-refractivity contribution in [2.45, 2.75) is 27.7 Å². The Morgan fingerprint density at radius 1 is 0.960 bits per heavy atom. The van der Waals surface area contributed by atoms with Crippen LogP contribution in [0.2, 0.25) is 0 Å². The molecule has 0 spiro atoms. The van der Waals surface area contributed by atoms with Gasteiger partial charge in [-0.25, -0.2) is 4.79 Å². The lowest BCUT2D eigenvalue weighted by Crippen LogP contribution is -2.19. The second-order valence-corrected chi connectivity index (χ2v) is 5.91. The van der Waals surface area contributed by atoms with Crippen molar-refractivity contribution >= 4 is 11.8 Å². The summed E-state index contributed by atoms with van der Waals surface area (Å²) in [5.41, 5.74) is 3.42. The van der Waals surface area contributed by atoms with Gasteiger partial charge in [0.1, 0.15) is 5.75 Å². The number of benzene rings is 2. The molecule has 25 heavy (non-hydrogen) atoms. The number of hydrogen-bond acceptors (Lipinski definition) is 5. The molecule has 0 amide bonds. The van der Waals surface area contributed by atoms with Gasteiger partial charge in [0.2, 0.25) is 0 Å². The predicted octanol–water partition coefficient (Wildman–Crippen LogP) is 3.81. The van der Waals surface area contributed by atoms with Gasteiger partial charge in [-0.3, -0.25) is 4.79 Å². The average Bonchev–Trinajstić information content (AvgIpc) is 2.55. The minimum atomic E-state index is -0.507. The van der Waals surface area contributed by atoms with Crippen molar-refractivity contribution in [3.8, 4) is 17.2 Å². The number of Topliss-reactive ketones (excluding diaryl/α,β-unsaturated/α-hetero) is 1. The molecule has 5 nitrogen and oxygen atoms in total. The first-order valence-corrected chi connectivity index (χ1v) is 7.92. The quantitative estimate of drug-likeness (QED) is 0.454. The van der Waals surface area contributed by atoms with Crippen LogP contribution in [0, 0.1) is 20.8 Å². The summed E-state index contributed by atoms with van der Waals surface area (Å²) in [4.78, 5) is 23.5. The third-order valence-corrected chi connectivity index (χ3v) is 3.74. The molecule has 0 atom stereocenters. The molecule has 2 aromatic carbocycles. The molecule has 0 aliphatic heterocycles. The maximum Gasteiger partial charge on any atom is 0.349 e. The minimum Gasteiger partial charge on any atom is -0.493 e. The maximum atomic E-state index is 12.1. The minimum absolute atomic E-state index is 0.0745. The van der Waals surface area contributed by atoms with E-state index < -0.39 is 5.97 Å². The van der Waals surface area contributed by atoms with Gasteiger partial charge in [0.05, 0.1) is 7.11 Å². The molecule has 0 unspecified atom stereocenters. The van der Waals surface area contributed by atoms with Gasteiger partial charge < -0.3 is 14.2 Å². The fourth-order valence-corrected chi connectivity index (χ4v) is 2.61. The predicted molar refractivity (Wildman–Crippen MR) is 94.8 cm³/mol. The molecule has 0 saturated carbocycles. The Balaban J connectivity index is 2.07. The fourth-order valence-electron chi connectivity index (χ4n) is 2.61. The molecule has 0 aliphatic rings. The Morgan fingerprint density at radius 2 is 1.60 bits per heavy atom. The van der Waals surface area contributed by atoms with Gasteiger partial charge in [0, 0.05) is 5.56 Å². The molecule has 0 aromatic heterocycles. The maximum absolute atomic E-state index is 12.1. The molecule has 0 bridgehead atoms. The van der Waals surface area contributed by atoms with E-state index >= 15 is 0 Å². The fraction of sp³-hybridized carbons (Fsp3) is 0.300. The molecule has 5 heteroatoms. The zero-order chi connectivity index (χ0) is 18.6. The monoisotopic (exact) mass is 342 g/mol.